The maximum atomic E-state index is 11.4. The van der Waals surface area contributed by atoms with Crippen molar-refractivity contribution in [1.82, 2.24) is 42.5 Å². The van der Waals surface area contributed by atoms with Crippen LogP contribution >= 0.6 is 0 Å². The topological polar surface area (TPSA) is 233 Å². The molecule has 0 spiro atoms. The van der Waals surface area contributed by atoms with Crippen LogP contribution in [-0.2, 0) is 38.4 Å². The van der Waals surface area contributed by atoms with Gasteiger partial charge in [0.2, 0.25) is 11.8 Å². The number of unbranched alkanes of at least 4 members (excludes halogenated alkanes) is 4. The second-order valence-corrected chi connectivity index (χ2v) is 20.5. The molecule has 4 amide bonds. The van der Waals surface area contributed by atoms with Crippen LogP contribution in [0.25, 0.3) is 0 Å². The first-order valence-electron chi connectivity index (χ1n) is 27.1. The van der Waals surface area contributed by atoms with Crippen molar-refractivity contribution in [2.75, 3.05) is 52.4 Å². The maximum Gasteiger partial charge on any atom is 2.00 e. The number of Topliss-reactive ketones (excluding diaryl/α,β-unsaturated/α-hetero) is 4. The zero-order valence-electron chi connectivity index (χ0n) is 49.8. The molecule has 0 saturated carbocycles. The Hall–Kier alpha value is -0.574. The number of amides is 4. The van der Waals surface area contributed by atoms with E-state index in [1.54, 1.807) is 6.42 Å². The molecule has 8 N–H and O–H groups in total. The van der Waals surface area contributed by atoms with Crippen LogP contribution in [-0.4, -0.2) is 123 Å². The van der Waals surface area contributed by atoms with Crippen molar-refractivity contribution in [3.05, 3.63) is 25.7 Å². The van der Waals surface area contributed by atoms with Gasteiger partial charge in [-0.2, -0.15) is 25.7 Å². The van der Waals surface area contributed by atoms with Gasteiger partial charge in [-0.3, -0.25) is 24.0 Å². The van der Waals surface area contributed by atoms with Crippen LogP contribution in [0.5, 0.6) is 0 Å². The van der Waals surface area contributed by atoms with Crippen molar-refractivity contribution in [1.29, 1.82) is 0 Å². The van der Waals surface area contributed by atoms with E-state index in [0.717, 1.165) is 32.6 Å². The van der Waals surface area contributed by atoms with Crippen LogP contribution in [0, 0.1) is 143 Å². The van der Waals surface area contributed by atoms with E-state index in [4.69, 9.17) is 0 Å². The number of hydrogen-bond acceptors (Lipinski definition) is 12. The van der Waals surface area contributed by atoms with E-state index in [-0.39, 0.29) is 164 Å². The molecule has 0 atom stereocenters. The standard InChI is InChI=1S/4C14H27N2O2.3U/c4*1-11(2)13(17)7-5-6-8-14(18)16-10-9-15-12(3)4;;;/h8,11-12,15H,5-7,9-10H2,1-4H3,(H,16,18);6,11-12,15H,5,7-10H2,1-4H3,(H,16,18);2*5,11-12,15H,6-10H2,1-4H3,(H,16,18);;;/q4*-1;;;+2. The molecule has 75 heavy (non-hydrogen) atoms. The molecule has 0 unspecified atom stereocenters. The van der Waals surface area contributed by atoms with Gasteiger partial charge in [0, 0.05) is 169 Å². The summed E-state index contributed by atoms with van der Waals surface area (Å²) in [7, 11) is 0. The number of carbonyl (C=O) groups is 8. The minimum absolute atomic E-state index is 0. The number of rotatable bonds is 40. The molecular weight excluding hydrogens is 1630 g/mol. The summed E-state index contributed by atoms with van der Waals surface area (Å²) in [6.45, 7) is 37.5. The molecule has 0 aromatic rings. The molecular formula is C56H108N8O8U3-2. The summed E-state index contributed by atoms with van der Waals surface area (Å²) in [6, 6.07) is 1.76. The Morgan fingerprint density at radius 1 is 0.333 bits per heavy atom. The molecule has 16 nitrogen and oxygen atoms in total. The van der Waals surface area contributed by atoms with Gasteiger partial charge in [0.05, 0.1) is 5.91 Å². The van der Waals surface area contributed by atoms with Crippen LogP contribution in [0.15, 0.2) is 0 Å². The maximum absolute atomic E-state index is 11.4. The third-order valence-corrected chi connectivity index (χ3v) is 10.3. The summed E-state index contributed by atoms with van der Waals surface area (Å²) >= 11 is 0. The van der Waals surface area contributed by atoms with Gasteiger partial charge in [-0.15, -0.1) is 12.8 Å². The fourth-order valence-corrected chi connectivity index (χ4v) is 5.55. The molecule has 0 rings (SSSR count). The van der Waals surface area contributed by atoms with Gasteiger partial charge in [-0.25, -0.2) is 0 Å². The van der Waals surface area contributed by atoms with Crippen molar-refractivity contribution in [2.24, 2.45) is 23.7 Å². The third kappa shape index (κ3) is 73.4. The van der Waals surface area contributed by atoms with Crippen LogP contribution < -0.4 is 42.5 Å². The Balaban J connectivity index is -0.000000162. The molecule has 19 heteroatoms. The van der Waals surface area contributed by atoms with Crippen LogP contribution in [0.2, 0.25) is 0 Å². The molecule has 0 aliphatic carbocycles. The summed E-state index contributed by atoms with van der Waals surface area (Å²) in [5.74, 6) is 1.42. The Morgan fingerprint density at radius 3 is 0.960 bits per heavy atom. The number of nitrogens with one attached hydrogen (secondary N) is 8. The van der Waals surface area contributed by atoms with E-state index >= 15 is 0 Å². The fourth-order valence-electron chi connectivity index (χ4n) is 5.55. The molecule has 0 aromatic heterocycles. The van der Waals surface area contributed by atoms with Gasteiger partial charge in [0.15, 0.2) is 5.91 Å². The smallest absolute Gasteiger partial charge is 0.380 e. The van der Waals surface area contributed by atoms with Gasteiger partial charge in [-0.1, -0.05) is 124 Å². The van der Waals surface area contributed by atoms with Crippen LogP contribution in [0.1, 0.15) is 188 Å². The summed E-state index contributed by atoms with van der Waals surface area (Å²) in [5.41, 5.74) is 0. The van der Waals surface area contributed by atoms with E-state index in [2.05, 4.69) is 97.9 Å². The Kier molecular flexibility index (Phi) is 71.8. The zero-order chi connectivity index (χ0) is 55.9. The zero-order valence-corrected chi connectivity index (χ0v) is 62.3. The van der Waals surface area contributed by atoms with Gasteiger partial charge < -0.3 is 82.6 Å². The average Bonchev–Trinajstić information content (AvgIpc) is 3.29. The molecule has 0 fully saturated rings. The Bertz CT molecular complexity index is 1230. The minimum atomic E-state index is -0.0439. The Morgan fingerprint density at radius 2 is 0.627 bits per heavy atom. The van der Waals surface area contributed by atoms with E-state index in [9.17, 15) is 38.4 Å². The number of hydrogen-bond donors (Lipinski definition) is 8. The monoisotopic (exact) mass is 1730 g/mol. The summed E-state index contributed by atoms with van der Waals surface area (Å²) in [4.78, 5) is 91.0. The second kappa shape index (κ2) is 61.1. The summed E-state index contributed by atoms with van der Waals surface area (Å²) in [5, 5.41) is 24.2. The van der Waals surface area contributed by atoms with Crippen LogP contribution in [0.3, 0.4) is 0 Å². The third-order valence-electron chi connectivity index (χ3n) is 10.3. The molecule has 0 bridgehead atoms. The minimum Gasteiger partial charge on any atom is -0.380 e. The predicted molar refractivity (Wildman–Crippen MR) is 297 cm³/mol. The number of ketones is 4. The van der Waals surface area contributed by atoms with Gasteiger partial charge in [0.25, 0.3) is 0 Å². The van der Waals surface area contributed by atoms with E-state index < -0.39 is 0 Å². The SMILES string of the molecule is CC(C)NCCNC(=O)CC[CH-]CC(=O)C(C)C.CC(C)NCCNC(=O)CC[CH-]CC(=O)C(C)C.CC(C)NCCNC(=O)C[CH-]CCC(=O)C(C)C.CC(C)NCCNC(=O)[CH-]CCCC(=O)C(C)C.[U+2].[U].[U]. The van der Waals surface area contributed by atoms with Crippen molar-refractivity contribution in [3.8, 4) is 0 Å². The molecule has 0 saturated heterocycles. The summed E-state index contributed by atoms with van der Waals surface area (Å²) in [6.07, 6.45) is 14.1. The molecule has 0 aromatic carbocycles. The van der Waals surface area contributed by atoms with Crippen LogP contribution in [0.4, 0.5) is 0 Å². The normalized spacial score (nSPS) is 10.5. The average molecular weight is 1740 g/mol. The molecule has 434 valence electrons. The van der Waals surface area contributed by atoms with E-state index in [1.807, 2.05) is 74.7 Å². The number of carbonyl (C=O) groups excluding carboxylic acids is 8. The van der Waals surface area contributed by atoms with Gasteiger partial charge >= 0.3 is 31.1 Å². The summed E-state index contributed by atoms with van der Waals surface area (Å²) < 4.78 is 0. The van der Waals surface area contributed by atoms with E-state index in [0.29, 0.717) is 121 Å². The molecule has 0 heterocycles. The van der Waals surface area contributed by atoms with E-state index in [1.165, 1.54) is 0 Å². The van der Waals surface area contributed by atoms with Gasteiger partial charge in [0.1, 0.15) is 23.1 Å². The van der Waals surface area contributed by atoms with Gasteiger partial charge in [-0.05, 0) is 19.3 Å². The first kappa shape index (κ1) is 88.3. The largest absolute Gasteiger partial charge is 2.00 e. The van der Waals surface area contributed by atoms with Crippen molar-refractivity contribution in [2.45, 2.75) is 212 Å². The van der Waals surface area contributed by atoms with Crippen molar-refractivity contribution in [3.63, 3.8) is 0 Å². The molecule has 0 aliphatic heterocycles. The molecule has 0 radical (unpaired) electrons. The Labute approximate surface area is 529 Å². The first-order valence-corrected chi connectivity index (χ1v) is 27.1. The fraction of sp³-hybridized carbons (Fsp3) is 0.786. The van der Waals surface area contributed by atoms with Crippen molar-refractivity contribution < 1.29 is 132 Å². The quantitative estimate of drug-likeness (QED) is 0.0234. The second-order valence-electron chi connectivity index (χ2n) is 20.5. The van der Waals surface area contributed by atoms with Crippen molar-refractivity contribution >= 4 is 46.8 Å². The first-order chi connectivity index (χ1) is 33.7. The predicted octanol–water partition coefficient (Wildman–Crippen LogP) is 6.80. The molecule has 0 aliphatic rings.